The molecule has 4 rings (SSSR count). The quantitative estimate of drug-likeness (QED) is 0.464. The minimum absolute atomic E-state index is 0.274. The molecular weight excluding hydrogens is 382 g/mol. The van der Waals surface area contributed by atoms with E-state index in [0.29, 0.717) is 17.7 Å². The van der Waals surface area contributed by atoms with Crippen LogP contribution >= 0.6 is 23.1 Å². The summed E-state index contributed by atoms with van der Waals surface area (Å²) in [4.78, 5) is 33.9. The maximum absolute atomic E-state index is 12.6. The molecule has 0 aliphatic rings. The molecule has 0 amide bonds. The molecule has 0 aliphatic carbocycles. The zero-order valence-electron chi connectivity index (χ0n) is 15.1. The zero-order chi connectivity index (χ0) is 19.0. The van der Waals surface area contributed by atoms with Crippen LogP contribution in [0.2, 0.25) is 0 Å². The highest BCUT2D eigenvalue weighted by Crippen LogP contribution is 2.24. The summed E-state index contributed by atoms with van der Waals surface area (Å²) in [6, 6.07) is 8.12. The number of benzene rings is 1. The standard InChI is InChI=1S/C18H19N5O2S2/c1-21-11-19-16-15(21)17(24)23(18(25)22(16)2)8-5-9-26-10-14-20-12-6-3-4-7-13(12)27-14/h3-4,6-7,11H,5,8-10H2,1-2H3. The van der Waals surface area contributed by atoms with Gasteiger partial charge < -0.3 is 4.57 Å². The largest absolute Gasteiger partial charge is 0.332 e. The van der Waals surface area contributed by atoms with Crippen LogP contribution in [0.1, 0.15) is 11.4 Å². The van der Waals surface area contributed by atoms with Crippen molar-refractivity contribution < 1.29 is 0 Å². The van der Waals surface area contributed by atoms with E-state index in [1.54, 1.807) is 48.1 Å². The Morgan fingerprint density at radius 3 is 2.81 bits per heavy atom. The van der Waals surface area contributed by atoms with E-state index in [2.05, 4.69) is 16.0 Å². The monoisotopic (exact) mass is 401 g/mol. The number of nitrogens with zero attached hydrogens (tertiary/aromatic N) is 5. The molecule has 0 unspecified atom stereocenters. The highest BCUT2D eigenvalue weighted by Gasteiger charge is 2.14. The Kier molecular flexibility index (Phi) is 4.88. The molecule has 7 nitrogen and oxygen atoms in total. The maximum Gasteiger partial charge on any atom is 0.332 e. The summed E-state index contributed by atoms with van der Waals surface area (Å²) < 4.78 is 5.61. The summed E-state index contributed by atoms with van der Waals surface area (Å²) in [5.41, 5.74) is 1.33. The maximum atomic E-state index is 12.6. The third kappa shape index (κ3) is 3.32. The second-order valence-corrected chi connectivity index (χ2v) is 8.53. The van der Waals surface area contributed by atoms with Crippen LogP contribution < -0.4 is 11.2 Å². The molecule has 0 saturated carbocycles. The van der Waals surface area contributed by atoms with Gasteiger partial charge in [0, 0.05) is 26.4 Å². The Balaban J connectivity index is 1.41. The van der Waals surface area contributed by atoms with E-state index in [9.17, 15) is 9.59 Å². The third-order valence-corrected chi connectivity index (χ3v) is 6.71. The Morgan fingerprint density at radius 1 is 1.19 bits per heavy atom. The molecule has 0 spiro atoms. The molecule has 27 heavy (non-hydrogen) atoms. The fourth-order valence-electron chi connectivity index (χ4n) is 3.06. The summed E-state index contributed by atoms with van der Waals surface area (Å²) in [6.45, 7) is 0.402. The smallest absolute Gasteiger partial charge is 0.328 e. The van der Waals surface area contributed by atoms with Crippen molar-refractivity contribution in [2.24, 2.45) is 14.1 Å². The van der Waals surface area contributed by atoms with Gasteiger partial charge in [0.15, 0.2) is 11.2 Å². The van der Waals surface area contributed by atoms with Crippen LogP contribution in [-0.4, -0.2) is 29.4 Å². The van der Waals surface area contributed by atoms with Crippen LogP contribution in [0, 0.1) is 0 Å². The Hall–Kier alpha value is -2.39. The van der Waals surface area contributed by atoms with Crippen molar-refractivity contribution in [1.29, 1.82) is 0 Å². The number of thioether (sulfide) groups is 1. The predicted molar refractivity (Wildman–Crippen MR) is 111 cm³/mol. The van der Waals surface area contributed by atoms with Gasteiger partial charge in [-0.15, -0.1) is 11.3 Å². The van der Waals surface area contributed by atoms with Crippen LogP contribution in [0.4, 0.5) is 0 Å². The number of imidazole rings is 1. The molecule has 140 valence electrons. The number of aryl methyl sites for hydroxylation is 2. The predicted octanol–water partition coefficient (Wildman–Crippen LogP) is 2.37. The highest BCUT2D eigenvalue weighted by atomic mass is 32.2. The third-order valence-electron chi connectivity index (χ3n) is 4.44. The molecule has 0 radical (unpaired) electrons. The number of fused-ring (bicyclic) bond motifs is 2. The van der Waals surface area contributed by atoms with Crippen LogP contribution in [0.25, 0.3) is 21.4 Å². The number of hydrogen-bond acceptors (Lipinski definition) is 6. The van der Waals surface area contributed by atoms with E-state index in [-0.39, 0.29) is 11.2 Å². The van der Waals surface area contributed by atoms with Gasteiger partial charge in [-0.25, -0.2) is 14.8 Å². The van der Waals surface area contributed by atoms with Gasteiger partial charge in [-0.2, -0.15) is 11.8 Å². The average molecular weight is 402 g/mol. The van der Waals surface area contributed by atoms with Gasteiger partial charge in [0.25, 0.3) is 5.56 Å². The molecule has 1 aromatic carbocycles. The molecule has 0 atom stereocenters. The molecular formula is C18H19N5O2S2. The number of hydrogen-bond donors (Lipinski definition) is 0. The Labute approximate surface area is 163 Å². The van der Waals surface area contributed by atoms with Crippen molar-refractivity contribution in [2.75, 3.05) is 5.75 Å². The van der Waals surface area contributed by atoms with Gasteiger partial charge in [0.1, 0.15) is 5.01 Å². The van der Waals surface area contributed by atoms with Crippen LogP contribution in [0.3, 0.4) is 0 Å². The lowest BCUT2D eigenvalue weighted by atomic mass is 10.3. The van der Waals surface area contributed by atoms with Crippen LogP contribution in [0.15, 0.2) is 40.2 Å². The van der Waals surface area contributed by atoms with E-state index >= 15 is 0 Å². The second kappa shape index (κ2) is 7.32. The van der Waals surface area contributed by atoms with Gasteiger partial charge in [-0.3, -0.25) is 13.9 Å². The zero-order valence-corrected chi connectivity index (χ0v) is 16.7. The minimum Gasteiger partial charge on any atom is -0.328 e. The van der Waals surface area contributed by atoms with Crippen molar-refractivity contribution in [2.45, 2.75) is 18.7 Å². The molecule has 3 heterocycles. The van der Waals surface area contributed by atoms with E-state index < -0.39 is 0 Å². The lowest BCUT2D eigenvalue weighted by Gasteiger charge is -2.08. The minimum atomic E-state index is -0.317. The second-order valence-electron chi connectivity index (χ2n) is 6.31. The van der Waals surface area contributed by atoms with E-state index in [1.165, 1.54) is 13.8 Å². The molecule has 0 aliphatic heterocycles. The van der Waals surface area contributed by atoms with Crippen molar-refractivity contribution in [3.8, 4) is 0 Å². The van der Waals surface area contributed by atoms with Crippen molar-refractivity contribution in [3.63, 3.8) is 0 Å². The van der Waals surface area contributed by atoms with Gasteiger partial charge in [0.2, 0.25) is 0 Å². The van der Waals surface area contributed by atoms with Gasteiger partial charge in [-0.1, -0.05) is 12.1 Å². The number of para-hydroxylation sites is 1. The lowest BCUT2D eigenvalue weighted by molar-refractivity contribution is 0.594. The van der Waals surface area contributed by atoms with Crippen LogP contribution in [0.5, 0.6) is 0 Å². The van der Waals surface area contributed by atoms with Crippen molar-refractivity contribution in [1.82, 2.24) is 23.7 Å². The molecule has 4 aromatic rings. The highest BCUT2D eigenvalue weighted by molar-refractivity contribution is 7.98. The molecule has 0 fully saturated rings. The first-order valence-electron chi connectivity index (χ1n) is 8.59. The number of thiazole rings is 1. The van der Waals surface area contributed by atoms with E-state index in [4.69, 9.17) is 0 Å². The van der Waals surface area contributed by atoms with Gasteiger partial charge in [0.05, 0.1) is 16.5 Å². The molecule has 0 saturated heterocycles. The average Bonchev–Trinajstić information content (AvgIpc) is 3.25. The van der Waals surface area contributed by atoms with Crippen LogP contribution in [-0.2, 0) is 26.4 Å². The van der Waals surface area contributed by atoms with Crippen molar-refractivity contribution in [3.05, 3.63) is 56.4 Å². The lowest BCUT2D eigenvalue weighted by Crippen LogP contribution is -2.39. The first-order chi connectivity index (χ1) is 13.1. The fourth-order valence-corrected chi connectivity index (χ4v) is 5.02. The van der Waals surface area contributed by atoms with E-state index in [0.717, 1.165) is 28.5 Å². The van der Waals surface area contributed by atoms with Gasteiger partial charge >= 0.3 is 5.69 Å². The summed E-state index contributed by atoms with van der Waals surface area (Å²) in [5, 5.41) is 1.10. The fraction of sp³-hybridized carbons (Fsp3) is 0.333. The molecule has 0 bridgehead atoms. The summed E-state index contributed by atoms with van der Waals surface area (Å²) >= 11 is 3.48. The normalized spacial score (nSPS) is 11.6. The summed E-state index contributed by atoms with van der Waals surface area (Å²) in [7, 11) is 3.41. The number of rotatable bonds is 6. The van der Waals surface area contributed by atoms with E-state index in [1.807, 2.05) is 18.2 Å². The number of aromatic nitrogens is 5. The first kappa shape index (κ1) is 18.0. The Bertz CT molecular complexity index is 1200. The van der Waals surface area contributed by atoms with Gasteiger partial charge in [-0.05, 0) is 24.3 Å². The SMILES string of the molecule is Cn1cnc2c1c(=O)n(CCCSCc1nc3ccccc3s1)c(=O)n2C. The molecule has 9 heteroatoms. The molecule has 3 aromatic heterocycles. The summed E-state index contributed by atoms with van der Waals surface area (Å²) in [6.07, 6.45) is 2.30. The Morgan fingerprint density at radius 2 is 2.00 bits per heavy atom. The first-order valence-corrected chi connectivity index (χ1v) is 10.6. The molecule has 0 N–H and O–H groups in total. The topological polar surface area (TPSA) is 74.7 Å². The van der Waals surface area contributed by atoms with Crippen molar-refractivity contribution >= 4 is 44.5 Å². The summed E-state index contributed by atoms with van der Waals surface area (Å²) in [5.74, 6) is 1.70.